The second-order valence-electron chi connectivity index (χ2n) is 7.25. The van der Waals surface area contributed by atoms with E-state index in [4.69, 9.17) is 4.74 Å². The molecule has 2 atom stereocenters. The minimum absolute atomic E-state index is 0.0893. The monoisotopic (exact) mass is 345 g/mol. The molecule has 2 fully saturated rings. The predicted molar refractivity (Wildman–Crippen MR) is 94.6 cm³/mol. The minimum atomic E-state index is -0.941. The normalized spacial score (nSPS) is 23.6. The molecule has 1 aromatic rings. The largest absolute Gasteiger partial charge is 0.478 e. The fraction of sp³-hybridized carbons (Fsp3) is 0.600. The lowest BCUT2D eigenvalue weighted by Gasteiger charge is -2.63. The van der Waals surface area contributed by atoms with Gasteiger partial charge in [-0.1, -0.05) is 24.6 Å². The van der Waals surface area contributed by atoms with Crippen LogP contribution in [0, 0.1) is 5.41 Å². The fourth-order valence-corrected chi connectivity index (χ4v) is 4.48. The van der Waals surface area contributed by atoms with Crippen LogP contribution >= 0.6 is 0 Å². The van der Waals surface area contributed by atoms with E-state index in [2.05, 4.69) is 0 Å². The molecule has 2 unspecified atom stereocenters. The Hall–Kier alpha value is -1.88. The van der Waals surface area contributed by atoms with Crippen LogP contribution < -0.4 is 0 Å². The average Bonchev–Trinajstić information content (AvgIpc) is 2.54. The van der Waals surface area contributed by atoms with E-state index >= 15 is 0 Å². The highest BCUT2D eigenvalue weighted by Crippen LogP contribution is 2.58. The molecule has 3 rings (SSSR count). The molecule has 2 aliphatic carbocycles. The first kappa shape index (κ1) is 17.9. The molecule has 0 saturated heterocycles. The Morgan fingerprint density at radius 3 is 2.64 bits per heavy atom. The third-order valence-corrected chi connectivity index (χ3v) is 6.11. The van der Waals surface area contributed by atoms with Crippen molar-refractivity contribution in [1.82, 2.24) is 4.90 Å². The number of aryl methyl sites for hydroxylation is 1. The standard InChI is InChI=1S/C20H27NO4/c1-3-25-17-13-16(20(17)11-6-12-20)21(2)18(22)10-9-14-7-4-5-8-15(14)19(23)24/h4-5,7-8,16-17H,3,6,9-13H2,1-2H3,(H,23,24). The summed E-state index contributed by atoms with van der Waals surface area (Å²) in [7, 11) is 1.89. The molecule has 25 heavy (non-hydrogen) atoms. The van der Waals surface area contributed by atoms with Crippen molar-refractivity contribution in [3.8, 4) is 0 Å². The summed E-state index contributed by atoms with van der Waals surface area (Å²) >= 11 is 0. The van der Waals surface area contributed by atoms with Gasteiger partial charge in [0.25, 0.3) is 0 Å². The molecule has 2 aliphatic rings. The van der Waals surface area contributed by atoms with Gasteiger partial charge in [-0.15, -0.1) is 0 Å². The maximum absolute atomic E-state index is 12.7. The van der Waals surface area contributed by atoms with E-state index < -0.39 is 5.97 Å². The van der Waals surface area contributed by atoms with Crippen molar-refractivity contribution in [3.63, 3.8) is 0 Å². The number of carboxylic acids is 1. The molecule has 0 aromatic heterocycles. The smallest absolute Gasteiger partial charge is 0.335 e. The number of carbonyl (C=O) groups is 2. The molecule has 136 valence electrons. The van der Waals surface area contributed by atoms with E-state index in [9.17, 15) is 14.7 Å². The molecule has 0 aliphatic heterocycles. The molecule has 5 nitrogen and oxygen atoms in total. The van der Waals surface area contributed by atoms with Crippen LogP contribution in [0.25, 0.3) is 0 Å². The zero-order valence-corrected chi connectivity index (χ0v) is 15.0. The van der Waals surface area contributed by atoms with Crippen LogP contribution in [0.15, 0.2) is 24.3 Å². The lowest BCUT2D eigenvalue weighted by Crippen LogP contribution is -2.67. The van der Waals surface area contributed by atoms with E-state index in [0.29, 0.717) is 18.9 Å². The predicted octanol–water partition coefficient (Wildman–Crippen LogP) is 3.12. The van der Waals surface area contributed by atoms with E-state index in [-0.39, 0.29) is 22.9 Å². The van der Waals surface area contributed by atoms with Crippen LogP contribution in [0.2, 0.25) is 0 Å². The summed E-state index contributed by atoms with van der Waals surface area (Å²) in [5.74, 6) is -0.852. The number of amides is 1. The number of nitrogens with zero attached hydrogens (tertiary/aromatic N) is 1. The summed E-state index contributed by atoms with van der Waals surface area (Å²) in [6, 6.07) is 7.17. The highest BCUT2D eigenvalue weighted by atomic mass is 16.5. The Morgan fingerprint density at radius 2 is 2.04 bits per heavy atom. The van der Waals surface area contributed by atoms with Gasteiger partial charge in [0.2, 0.25) is 5.91 Å². The number of ether oxygens (including phenoxy) is 1. The van der Waals surface area contributed by atoms with Crippen molar-refractivity contribution >= 4 is 11.9 Å². The highest BCUT2D eigenvalue weighted by Gasteiger charge is 2.60. The Balaban J connectivity index is 1.60. The maximum atomic E-state index is 12.7. The SMILES string of the molecule is CCOC1CC(N(C)C(=O)CCc2ccccc2C(=O)O)C12CCC2. The summed E-state index contributed by atoms with van der Waals surface area (Å²) in [5.41, 5.74) is 1.17. The topological polar surface area (TPSA) is 66.8 Å². The number of carbonyl (C=O) groups excluding carboxylic acids is 1. The van der Waals surface area contributed by atoms with Crippen LogP contribution in [0.1, 0.15) is 54.9 Å². The maximum Gasteiger partial charge on any atom is 0.335 e. The van der Waals surface area contributed by atoms with Gasteiger partial charge in [-0.25, -0.2) is 4.79 Å². The van der Waals surface area contributed by atoms with Crippen molar-refractivity contribution in [3.05, 3.63) is 35.4 Å². The molecule has 1 amide bonds. The number of carboxylic acid groups (broad SMARTS) is 1. The quantitative estimate of drug-likeness (QED) is 0.824. The van der Waals surface area contributed by atoms with E-state index in [1.165, 1.54) is 6.42 Å². The summed E-state index contributed by atoms with van der Waals surface area (Å²) in [6.07, 6.45) is 5.51. The van der Waals surface area contributed by atoms with Crippen LogP contribution in [0.5, 0.6) is 0 Å². The molecule has 1 spiro atoms. The van der Waals surface area contributed by atoms with Crippen molar-refractivity contribution < 1.29 is 19.4 Å². The van der Waals surface area contributed by atoms with Crippen LogP contribution in [0.4, 0.5) is 0 Å². The number of hydrogen-bond acceptors (Lipinski definition) is 3. The summed E-state index contributed by atoms with van der Waals surface area (Å²) < 4.78 is 5.86. The molecule has 1 N–H and O–H groups in total. The first-order valence-corrected chi connectivity index (χ1v) is 9.18. The van der Waals surface area contributed by atoms with Crippen LogP contribution in [0.3, 0.4) is 0 Å². The Bertz CT molecular complexity index is 653. The third kappa shape index (κ3) is 3.17. The van der Waals surface area contributed by atoms with Gasteiger partial charge in [0.1, 0.15) is 0 Å². The molecule has 0 heterocycles. The summed E-state index contributed by atoms with van der Waals surface area (Å²) in [5, 5.41) is 9.25. The van der Waals surface area contributed by atoms with E-state index in [1.807, 2.05) is 24.9 Å². The molecule has 2 saturated carbocycles. The zero-order valence-electron chi connectivity index (χ0n) is 15.0. The van der Waals surface area contributed by atoms with Gasteiger partial charge in [0.15, 0.2) is 0 Å². The van der Waals surface area contributed by atoms with E-state index in [0.717, 1.165) is 31.4 Å². The van der Waals surface area contributed by atoms with Gasteiger partial charge < -0.3 is 14.7 Å². The molecular formula is C20H27NO4. The number of rotatable bonds is 7. The van der Waals surface area contributed by atoms with Gasteiger partial charge in [0.05, 0.1) is 11.7 Å². The van der Waals surface area contributed by atoms with Crippen LogP contribution in [-0.2, 0) is 16.0 Å². The van der Waals surface area contributed by atoms with Crippen molar-refractivity contribution in [2.24, 2.45) is 5.41 Å². The second kappa shape index (κ2) is 7.16. The number of aromatic carboxylic acids is 1. The fourth-order valence-electron chi connectivity index (χ4n) is 4.48. The lowest BCUT2D eigenvalue weighted by atomic mass is 9.50. The molecule has 0 radical (unpaired) electrons. The number of hydrogen-bond donors (Lipinski definition) is 1. The van der Waals surface area contributed by atoms with E-state index in [1.54, 1.807) is 18.2 Å². The first-order valence-electron chi connectivity index (χ1n) is 9.18. The van der Waals surface area contributed by atoms with Crippen LogP contribution in [-0.4, -0.2) is 47.7 Å². The summed E-state index contributed by atoms with van der Waals surface area (Å²) in [4.78, 5) is 25.8. The third-order valence-electron chi connectivity index (χ3n) is 6.11. The lowest BCUT2D eigenvalue weighted by molar-refractivity contribution is -0.202. The summed E-state index contributed by atoms with van der Waals surface area (Å²) in [6.45, 7) is 2.75. The van der Waals surface area contributed by atoms with Gasteiger partial charge in [0, 0.05) is 31.5 Å². The van der Waals surface area contributed by atoms with Crippen molar-refractivity contribution in [2.75, 3.05) is 13.7 Å². The Morgan fingerprint density at radius 1 is 1.32 bits per heavy atom. The molecule has 1 aromatic carbocycles. The first-order chi connectivity index (χ1) is 12.0. The van der Waals surface area contributed by atoms with Gasteiger partial charge in [-0.3, -0.25) is 4.79 Å². The zero-order chi connectivity index (χ0) is 18.0. The van der Waals surface area contributed by atoms with Gasteiger partial charge in [-0.2, -0.15) is 0 Å². The van der Waals surface area contributed by atoms with Gasteiger partial charge >= 0.3 is 5.97 Å². The van der Waals surface area contributed by atoms with Crippen molar-refractivity contribution in [2.45, 2.75) is 57.6 Å². The van der Waals surface area contributed by atoms with Crippen molar-refractivity contribution in [1.29, 1.82) is 0 Å². The highest BCUT2D eigenvalue weighted by molar-refractivity contribution is 5.89. The average molecular weight is 345 g/mol. The molecular weight excluding hydrogens is 318 g/mol. The molecule has 0 bridgehead atoms. The van der Waals surface area contributed by atoms with Gasteiger partial charge in [-0.05, 0) is 44.2 Å². The number of benzene rings is 1. The minimum Gasteiger partial charge on any atom is -0.478 e. The second-order valence-corrected chi connectivity index (χ2v) is 7.25. The Labute approximate surface area is 149 Å². The molecule has 5 heteroatoms. The Kier molecular flexibility index (Phi) is 5.13.